The van der Waals surface area contributed by atoms with E-state index < -0.39 is 15.8 Å². The van der Waals surface area contributed by atoms with E-state index in [9.17, 15) is 12.8 Å². The SMILES string of the molecule is CC1=NO[C@@H](CNS(=O)(=O)c2ccc(F)cc2)C1. The molecule has 0 bridgehead atoms. The maximum atomic E-state index is 12.7. The Morgan fingerprint density at radius 3 is 2.67 bits per heavy atom. The molecule has 0 aromatic heterocycles. The van der Waals surface area contributed by atoms with Crippen molar-refractivity contribution in [2.75, 3.05) is 6.54 Å². The van der Waals surface area contributed by atoms with Gasteiger partial charge in [0.15, 0.2) is 0 Å². The lowest BCUT2D eigenvalue weighted by atomic mass is 10.2. The van der Waals surface area contributed by atoms with E-state index >= 15 is 0 Å². The molecule has 7 heteroatoms. The number of nitrogens with one attached hydrogen (secondary N) is 1. The number of halogens is 1. The van der Waals surface area contributed by atoms with Crippen LogP contribution in [0.1, 0.15) is 13.3 Å². The predicted octanol–water partition coefficient (Wildman–Crippen LogP) is 1.27. The highest BCUT2D eigenvalue weighted by Gasteiger charge is 2.21. The van der Waals surface area contributed by atoms with E-state index in [0.29, 0.717) is 6.42 Å². The van der Waals surface area contributed by atoms with Gasteiger partial charge in [0.2, 0.25) is 10.0 Å². The van der Waals surface area contributed by atoms with Crippen LogP contribution >= 0.6 is 0 Å². The Labute approximate surface area is 105 Å². The Hall–Kier alpha value is -1.47. The molecule has 1 aliphatic heterocycles. The number of oxime groups is 1. The second-order valence-corrected chi connectivity index (χ2v) is 5.83. The Morgan fingerprint density at radius 2 is 2.11 bits per heavy atom. The van der Waals surface area contributed by atoms with Crippen molar-refractivity contribution >= 4 is 15.7 Å². The Bertz CT molecular complexity index is 554. The predicted molar refractivity (Wildman–Crippen MR) is 64.2 cm³/mol. The molecule has 0 aliphatic carbocycles. The minimum absolute atomic E-state index is 0.0273. The van der Waals surface area contributed by atoms with E-state index in [1.165, 1.54) is 12.1 Å². The fourth-order valence-corrected chi connectivity index (χ4v) is 2.64. The molecule has 2 rings (SSSR count). The molecule has 98 valence electrons. The first kappa shape index (κ1) is 13.0. The van der Waals surface area contributed by atoms with Gasteiger partial charge < -0.3 is 4.84 Å². The van der Waals surface area contributed by atoms with Crippen molar-refractivity contribution in [3.8, 4) is 0 Å². The molecule has 1 aliphatic rings. The van der Waals surface area contributed by atoms with E-state index in [1.54, 1.807) is 0 Å². The van der Waals surface area contributed by atoms with Gasteiger partial charge in [-0.05, 0) is 31.2 Å². The summed E-state index contributed by atoms with van der Waals surface area (Å²) < 4.78 is 38.8. The summed E-state index contributed by atoms with van der Waals surface area (Å²) in [7, 11) is -3.63. The van der Waals surface area contributed by atoms with Crippen LogP contribution in [0.15, 0.2) is 34.3 Å². The Kier molecular flexibility index (Phi) is 3.63. The van der Waals surface area contributed by atoms with E-state index in [-0.39, 0.29) is 17.5 Å². The van der Waals surface area contributed by atoms with Crippen LogP contribution in [0, 0.1) is 5.82 Å². The van der Waals surface area contributed by atoms with Gasteiger partial charge in [-0.1, -0.05) is 5.16 Å². The minimum atomic E-state index is -3.63. The minimum Gasteiger partial charge on any atom is -0.391 e. The van der Waals surface area contributed by atoms with Crippen molar-refractivity contribution in [2.24, 2.45) is 5.16 Å². The molecule has 1 atom stereocenters. The van der Waals surface area contributed by atoms with Crippen LogP contribution in [0.25, 0.3) is 0 Å². The van der Waals surface area contributed by atoms with Crippen molar-refractivity contribution in [1.29, 1.82) is 0 Å². The molecule has 0 fully saturated rings. The molecule has 1 aromatic carbocycles. The molecule has 18 heavy (non-hydrogen) atoms. The van der Waals surface area contributed by atoms with Crippen LogP contribution in [-0.4, -0.2) is 26.8 Å². The van der Waals surface area contributed by atoms with Crippen LogP contribution in [0.3, 0.4) is 0 Å². The van der Waals surface area contributed by atoms with Crippen LogP contribution in [0.5, 0.6) is 0 Å². The third-order valence-corrected chi connectivity index (χ3v) is 3.95. The van der Waals surface area contributed by atoms with Crippen LogP contribution in [0.2, 0.25) is 0 Å². The molecule has 1 N–H and O–H groups in total. The summed E-state index contributed by atoms with van der Waals surface area (Å²) in [6, 6.07) is 4.64. The highest BCUT2D eigenvalue weighted by Crippen LogP contribution is 2.12. The van der Waals surface area contributed by atoms with Crippen molar-refractivity contribution < 1.29 is 17.6 Å². The van der Waals surface area contributed by atoms with E-state index in [2.05, 4.69) is 9.88 Å². The standard InChI is InChI=1S/C11H13FN2O3S/c1-8-6-10(17-14-8)7-13-18(15,16)11-4-2-9(12)3-5-11/h2-5,10,13H,6-7H2,1H3/t10-/m1/s1. The molecular formula is C11H13FN2O3S. The van der Waals surface area contributed by atoms with Crippen molar-refractivity contribution in [2.45, 2.75) is 24.3 Å². The molecule has 0 spiro atoms. The highest BCUT2D eigenvalue weighted by molar-refractivity contribution is 7.89. The summed E-state index contributed by atoms with van der Waals surface area (Å²) in [6.07, 6.45) is 0.326. The van der Waals surface area contributed by atoms with Crippen LogP contribution in [0.4, 0.5) is 4.39 Å². The Morgan fingerprint density at radius 1 is 1.44 bits per heavy atom. The lowest BCUT2D eigenvalue weighted by molar-refractivity contribution is 0.0891. The zero-order valence-corrected chi connectivity index (χ0v) is 10.6. The number of benzene rings is 1. The first-order valence-electron chi connectivity index (χ1n) is 5.42. The maximum absolute atomic E-state index is 12.7. The number of nitrogens with zero attached hydrogens (tertiary/aromatic N) is 1. The van der Waals surface area contributed by atoms with Crippen molar-refractivity contribution in [3.63, 3.8) is 0 Å². The van der Waals surface area contributed by atoms with Crippen molar-refractivity contribution in [3.05, 3.63) is 30.1 Å². The summed E-state index contributed by atoms with van der Waals surface area (Å²) >= 11 is 0. The van der Waals surface area contributed by atoms with Gasteiger partial charge in [-0.15, -0.1) is 0 Å². The van der Waals surface area contributed by atoms with E-state index in [0.717, 1.165) is 17.8 Å². The zero-order valence-electron chi connectivity index (χ0n) is 9.76. The van der Waals surface area contributed by atoms with Gasteiger partial charge in [0.25, 0.3) is 0 Å². The molecule has 0 saturated carbocycles. The van der Waals surface area contributed by atoms with Crippen molar-refractivity contribution in [1.82, 2.24) is 4.72 Å². The monoisotopic (exact) mass is 272 g/mol. The lowest BCUT2D eigenvalue weighted by Crippen LogP contribution is -2.32. The molecule has 5 nitrogen and oxygen atoms in total. The second-order valence-electron chi connectivity index (χ2n) is 4.06. The summed E-state index contributed by atoms with van der Waals surface area (Å²) in [5.74, 6) is -0.475. The van der Waals surface area contributed by atoms with Gasteiger partial charge in [-0.25, -0.2) is 17.5 Å². The van der Waals surface area contributed by atoms with Gasteiger partial charge in [-0.3, -0.25) is 0 Å². The number of hydrogen-bond donors (Lipinski definition) is 1. The number of sulfonamides is 1. The third kappa shape index (κ3) is 3.05. The maximum Gasteiger partial charge on any atom is 0.240 e. The van der Waals surface area contributed by atoms with Gasteiger partial charge in [0.05, 0.1) is 17.2 Å². The van der Waals surface area contributed by atoms with Gasteiger partial charge in [-0.2, -0.15) is 0 Å². The topological polar surface area (TPSA) is 67.8 Å². The summed E-state index contributed by atoms with van der Waals surface area (Å²) in [4.78, 5) is 5.04. The molecule has 0 saturated heterocycles. The first-order valence-corrected chi connectivity index (χ1v) is 6.90. The van der Waals surface area contributed by atoms with E-state index in [4.69, 9.17) is 4.84 Å². The van der Waals surface area contributed by atoms with Crippen LogP contribution < -0.4 is 4.72 Å². The number of hydrogen-bond acceptors (Lipinski definition) is 4. The fraction of sp³-hybridized carbons (Fsp3) is 0.364. The lowest BCUT2D eigenvalue weighted by Gasteiger charge is -2.10. The first-order chi connectivity index (χ1) is 8.47. The quantitative estimate of drug-likeness (QED) is 0.897. The largest absolute Gasteiger partial charge is 0.391 e. The molecule has 0 amide bonds. The molecule has 0 radical (unpaired) electrons. The number of rotatable bonds is 4. The average Bonchev–Trinajstić information content (AvgIpc) is 2.73. The smallest absolute Gasteiger partial charge is 0.240 e. The summed E-state index contributed by atoms with van der Waals surface area (Å²) in [5, 5.41) is 3.73. The normalized spacial score (nSPS) is 19.4. The third-order valence-electron chi connectivity index (χ3n) is 2.51. The van der Waals surface area contributed by atoms with Gasteiger partial charge >= 0.3 is 0 Å². The second kappa shape index (κ2) is 5.03. The highest BCUT2D eigenvalue weighted by atomic mass is 32.2. The zero-order chi connectivity index (χ0) is 13.2. The molecule has 1 heterocycles. The molecular weight excluding hydrogens is 259 g/mol. The van der Waals surface area contributed by atoms with E-state index in [1.807, 2.05) is 6.92 Å². The van der Waals surface area contributed by atoms with Crippen LogP contribution in [-0.2, 0) is 14.9 Å². The summed E-state index contributed by atoms with van der Waals surface area (Å²) in [5.41, 5.74) is 0.834. The van der Waals surface area contributed by atoms with Gasteiger partial charge in [0, 0.05) is 6.42 Å². The molecule has 1 aromatic rings. The average molecular weight is 272 g/mol. The van der Waals surface area contributed by atoms with Gasteiger partial charge in [0.1, 0.15) is 11.9 Å². The molecule has 0 unspecified atom stereocenters. The summed E-state index contributed by atoms with van der Waals surface area (Å²) in [6.45, 7) is 1.95. The fourth-order valence-electron chi connectivity index (χ4n) is 1.58. The Balaban J connectivity index is 1.98.